The molecule has 11 heteroatoms. The first-order valence-electron chi connectivity index (χ1n) is 12.6. The lowest BCUT2D eigenvalue weighted by Crippen LogP contribution is -2.63. The monoisotopic (exact) mass is 503 g/mol. The smallest absolute Gasteiger partial charge is 0.319 e. The van der Waals surface area contributed by atoms with E-state index in [9.17, 15) is 14.4 Å². The second-order valence-electron chi connectivity index (χ2n) is 9.14. The maximum atomic E-state index is 13.4. The van der Waals surface area contributed by atoms with Gasteiger partial charge in [-0.2, -0.15) is 0 Å². The highest BCUT2D eigenvalue weighted by Crippen LogP contribution is 2.29. The van der Waals surface area contributed by atoms with Gasteiger partial charge in [0, 0.05) is 12.1 Å². The summed E-state index contributed by atoms with van der Waals surface area (Å²) < 4.78 is 5.00. The van der Waals surface area contributed by atoms with Gasteiger partial charge in [0.1, 0.15) is 6.04 Å². The van der Waals surface area contributed by atoms with Crippen molar-refractivity contribution < 1.29 is 29.2 Å². The van der Waals surface area contributed by atoms with Gasteiger partial charge in [0.2, 0.25) is 5.91 Å². The third-order valence-electron chi connectivity index (χ3n) is 6.79. The van der Waals surface area contributed by atoms with Crippen LogP contribution in [-0.2, 0) is 30.4 Å². The maximum Gasteiger partial charge on any atom is 0.319 e. The van der Waals surface area contributed by atoms with Gasteiger partial charge in [-0.3, -0.25) is 24.5 Å². The molecule has 2 fully saturated rings. The van der Waals surface area contributed by atoms with Crippen LogP contribution in [-0.4, -0.2) is 72.1 Å². The Kier molecular flexibility index (Phi) is 10.5. The Hall–Kier alpha value is -3.18. The molecule has 1 aliphatic heterocycles. The third kappa shape index (κ3) is 7.41. The number of nitrogens with zero attached hydrogens (tertiary/aromatic N) is 2. The fourth-order valence-corrected chi connectivity index (χ4v) is 4.69. The molecule has 2 aliphatic rings. The molecule has 3 rings (SSSR count). The highest BCUT2D eigenvalue weighted by molar-refractivity contribution is 5.97. The minimum absolute atomic E-state index is 0.0328. The van der Waals surface area contributed by atoms with Crippen molar-refractivity contribution in [3.05, 3.63) is 35.4 Å². The summed E-state index contributed by atoms with van der Waals surface area (Å²) in [5.74, 6) is -0.733. The van der Waals surface area contributed by atoms with Gasteiger partial charge < -0.3 is 20.6 Å². The van der Waals surface area contributed by atoms with Crippen LogP contribution in [0.4, 0.5) is 0 Å². The summed E-state index contributed by atoms with van der Waals surface area (Å²) in [6.45, 7) is 2.74. The number of carbonyl (C=O) groups excluding carboxylic acids is 3. The molecule has 1 heterocycles. The van der Waals surface area contributed by atoms with E-state index < -0.39 is 18.1 Å². The molecule has 0 radical (unpaired) electrons. The van der Waals surface area contributed by atoms with Crippen LogP contribution >= 0.6 is 0 Å². The number of oxime groups is 1. The van der Waals surface area contributed by atoms with Crippen molar-refractivity contribution in [2.45, 2.75) is 64.0 Å². The number of amidine groups is 1. The maximum absolute atomic E-state index is 13.4. The molecule has 2 amide bonds. The zero-order chi connectivity index (χ0) is 25.9. The van der Waals surface area contributed by atoms with Crippen LogP contribution in [0.25, 0.3) is 0 Å². The molecular weight excluding hydrogens is 466 g/mol. The van der Waals surface area contributed by atoms with Crippen LogP contribution in [0.3, 0.4) is 0 Å². The first-order chi connectivity index (χ1) is 17.4. The van der Waals surface area contributed by atoms with Gasteiger partial charge in [0.25, 0.3) is 5.91 Å². The molecule has 1 aromatic carbocycles. The quantitative estimate of drug-likeness (QED) is 0.0824. The van der Waals surface area contributed by atoms with Crippen LogP contribution in [0.2, 0.25) is 0 Å². The normalized spacial score (nSPS) is 19.3. The second kappa shape index (κ2) is 13.8. The van der Waals surface area contributed by atoms with Crippen LogP contribution in [0, 0.1) is 5.92 Å². The predicted molar refractivity (Wildman–Crippen MR) is 132 cm³/mol. The van der Waals surface area contributed by atoms with E-state index in [1.807, 2.05) is 12.1 Å². The highest BCUT2D eigenvalue weighted by atomic mass is 16.6. The fourth-order valence-electron chi connectivity index (χ4n) is 4.69. The Labute approximate surface area is 211 Å². The van der Waals surface area contributed by atoms with Crippen LogP contribution < -0.4 is 16.5 Å². The minimum Gasteiger partial charge on any atom is -0.465 e. The van der Waals surface area contributed by atoms with Gasteiger partial charge in [-0.15, -0.1) is 0 Å². The van der Waals surface area contributed by atoms with Crippen molar-refractivity contribution in [2.24, 2.45) is 16.8 Å². The van der Waals surface area contributed by atoms with E-state index in [1.165, 1.54) is 0 Å². The second-order valence-corrected chi connectivity index (χ2v) is 9.14. The highest BCUT2D eigenvalue weighted by Gasteiger charge is 2.42. The number of nitrogens with one attached hydrogen (secondary N) is 2. The van der Waals surface area contributed by atoms with Crippen molar-refractivity contribution >= 4 is 23.6 Å². The molecule has 11 nitrogen and oxygen atoms in total. The van der Waals surface area contributed by atoms with Crippen molar-refractivity contribution in [1.82, 2.24) is 15.7 Å². The summed E-state index contributed by atoms with van der Waals surface area (Å²) in [5, 5.41) is 14.8. The van der Waals surface area contributed by atoms with Crippen molar-refractivity contribution in [1.29, 1.82) is 0 Å². The summed E-state index contributed by atoms with van der Waals surface area (Å²) in [6.07, 6.45) is 6.20. The number of rotatable bonds is 12. The van der Waals surface area contributed by atoms with E-state index in [0.717, 1.165) is 37.7 Å². The van der Waals surface area contributed by atoms with Crippen LogP contribution in [0.5, 0.6) is 0 Å². The number of likely N-dealkylation sites (tertiary alicyclic amines) is 1. The van der Waals surface area contributed by atoms with Gasteiger partial charge in [0.05, 0.1) is 25.8 Å². The summed E-state index contributed by atoms with van der Waals surface area (Å²) >= 11 is 0. The van der Waals surface area contributed by atoms with Crippen molar-refractivity contribution in [3.8, 4) is 0 Å². The Bertz CT molecular complexity index is 916. The molecular formula is C25H37N5O6. The standard InChI is InChI=1S/C25H37N5O6/c1-2-35-21(31)16-27-22(18-6-4-3-5-7-18)25(33)30-14-12-20(30)24(32)29-36-15-13-17-8-10-19(11-9-17)23(26)28-34/h8-11,18,20,22,27,34H,2-7,12-16H2,1H3,(H2,26,28)(H,29,32). The van der Waals surface area contributed by atoms with E-state index in [1.54, 1.807) is 24.0 Å². The molecule has 36 heavy (non-hydrogen) atoms. The number of hydrogen-bond donors (Lipinski definition) is 4. The van der Waals surface area contributed by atoms with Crippen LogP contribution in [0.15, 0.2) is 29.4 Å². The Morgan fingerprint density at radius 3 is 2.50 bits per heavy atom. The zero-order valence-corrected chi connectivity index (χ0v) is 20.8. The number of nitrogens with two attached hydrogens (primary N) is 1. The average Bonchev–Trinajstić information content (AvgIpc) is 2.87. The predicted octanol–water partition coefficient (Wildman–Crippen LogP) is 1.07. The summed E-state index contributed by atoms with van der Waals surface area (Å²) in [4.78, 5) is 44.9. The van der Waals surface area contributed by atoms with Gasteiger partial charge >= 0.3 is 5.97 Å². The zero-order valence-electron chi connectivity index (χ0n) is 20.8. The number of esters is 1. The summed E-state index contributed by atoms with van der Waals surface area (Å²) in [5.41, 5.74) is 9.59. The fraction of sp³-hybridized carbons (Fsp3) is 0.600. The van der Waals surface area contributed by atoms with Gasteiger partial charge in [-0.05, 0) is 44.1 Å². The van der Waals surface area contributed by atoms with Gasteiger partial charge in [0.15, 0.2) is 5.84 Å². The van der Waals surface area contributed by atoms with E-state index in [-0.39, 0.29) is 43.3 Å². The lowest BCUT2D eigenvalue weighted by atomic mass is 9.82. The number of ether oxygens (including phenoxy) is 1. The summed E-state index contributed by atoms with van der Waals surface area (Å²) in [6, 6.07) is 6.03. The average molecular weight is 504 g/mol. The number of hydroxylamine groups is 1. The van der Waals surface area contributed by atoms with Gasteiger partial charge in [-0.1, -0.05) is 48.7 Å². The third-order valence-corrected chi connectivity index (χ3v) is 6.79. The van der Waals surface area contributed by atoms with Gasteiger partial charge in [-0.25, -0.2) is 5.48 Å². The Morgan fingerprint density at radius 1 is 1.17 bits per heavy atom. The molecule has 0 bridgehead atoms. The molecule has 1 saturated heterocycles. The Balaban J connectivity index is 1.48. The molecule has 1 aliphatic carbocycles. The van der Waals surface area contributed by atoms with Crippen molar-refractivity contribution in [2.75, 3.05) is 26.3 Å². The molecule has 1 saturated carbocycles. The van der Waals surface area contributed by atoms with Crippen LogP contribution in [0.1, 0.15) is 56.6 Å². The molecule has 0 spiro atoms. The molecule has 0 aromatic heterocycles. The summed E-state index contributed by atoms with van der Waals surface area (Å²) in [7, 11) is 0. The lowest BCUT2D eigenvalue weighted by molar-refractivity contribution is -0.156. The van der Waals surface area contributed by atoms with E-state index >= 15 is 0 Å². The molecule has 198 valence electrons. The van der Waals surface area contributed by atoms with E-state index in [2.05, 4.69) is 16.0 Å². The molecule has 5 N–H and O–H groups in total. The van der Waals surface area contributed by atoms with E-state index in [0.29, 0.717) is 24.9 Å². The number of amides is 2. The first kappa shape index (κ1) is 27.4. The number of benzene rings is 1. The largest absolute Gasteiger partial charge is 0.465 e. The topological polar surface area (TPSA) is 156 Å². The minimum atomic E-state index is -0.590. The Morgan fingerprint density at radius 2 is 1.89 bits per heavy atom. The van der Waals surface area contributed by atoms with E-state index in [4.69, 9.17) is 20.5 Å². The molecule has 2 atom stereocenters. The molecule has 1 aromatic rings. The number of carbonyl (C=O) groups is 3. The molecule has 2 unspecified atom stereocenters. The number of hydrogen-bond acceptors (Lipinski definition) is 8. The first-order valence-corrected chi connectivity index (χ1v) is 12.6. The van der Waals surface area contributed by atoms with Crippen molar-refractivity contribution in [3.63, 3.8) is 0 Å². The lowest BCUT2D eigenvalue weighted by Gasteiger charge is -2.43. The SMILES string of the molecule is CCOC(=O)CNC(C(=O)N1CCC1C(=O)NOCCc1ccc(/C(N)=N/O)cc1)C1CCCCC1.